The Morgan fingerprint density at radius 3 is 2.44 bits per heavy atom. The number of hydrogen-bond acceptors (Lipinski definition) is 6. The van der Waals surface area contributed by atoms with Crippen LogP contribution in [0.2, 0.25) is 0 Å². The average Bonchev–Trinajstić information content (AvgIpc) is 2.59. The summed E-state index contributed by atoms with van der Waals surface area (Å²) in [7, 11) is 1.27. The summed E-state index contributed by atoms with van der Waals surface area (Å²) in [5, 5.41) is 11.2. The Kier molecular flexibility index (Phi) is 5.71. The first-order chi connectivity index (χ1) is 11.8. The first kappa shape index (κ1) is 18.4. The van der Waals surface area contributed by atoms with Crippen LogP contribution in [0.25, 0.3) is 0 Å². The first-order valence-corrected chi connectivity index (χ1v) is 7.70. The van der Waals surface area contributed by atoms with E-state index in [0.29, 0.717) is 15.8 Å². The van der Waals surface area contributed by atoms with Crippen LogP contribution >= 0.6 is 15.9 Å². The Labute approximate surface area is 150 Å². The van der Waals surface area contributed by atoms with Crippen LogP contribution in [0.1, 0.15) is 26.3 Å². The number of nitro benzene ring substituents is 1. The van der Waals surface area contributed by atoms with Crippen molar-refractivity contribution in [2.45, 2.75) is 6.61 Å². The summed E-state index contributed by atoms with van der Waals surface area (Å²) in [6.45, 7) is -0.106. The molecular formula is C16H13BrN2O6. The number of nitrogens with two attached hydrogens (primary N) is 1. The molecule has 0 unspecified atom stereocenters. The molecule has 0 aromatic heterocycles. The van der Waals surface area contributed by atoms with E-state index in [1.807, 2.05) is 0 Å². The quantitative estimate of drug-likeness (QED) is 0.445. The van der Waals surface area contributed by atoms with Crippen molar-refractivity contribution < 1.29 is 24.0 Å². The van der Waals surface area contributed by atoms with Gasteiger partial charge >= 0.3 is 5.97 Å². The van der Waals surface area contributed by atoms with Crippen molar-refractivity contribution in [2.75, 3.05) is 7.11 Å². The largest absolute Gasteiger partial charge is 0.487 e. The molecule has 8 nitrogen and oxygen atoms in total. The Bertz CT molecular complexity index is 853. The molecule has 0 aliphatic rings. The maximum atomic E-state index is 11.5. The first-order valence-electron chi connectivity index (χ1n) is 6.91. The molecule has 2 aromatic rings. The van der Waals surface area contributed by atoms with E-state index in [9.17, 15) is 19.7 Å². The SMILES string of the molecule is COC(=O)c1ccc(OCc2ccc(C(N)=O)cc2[N+](=O)[O-])c(Br)c1. The maximum absolute atomic E-state index is 11.5. The number of halogens is 1. The smallest absolute Gasteiger partial charge is 0.337 e. The highest BCUT2D eigenvalue weighted by molar-refractivity contribution is 9.10. The lowest BCUT2D eigenvalue weighted by Crippen LogP contribution is -2.12. The third-order valence-corrected chi connectivity index (χ3v) is 3.92. The highest BCUT2D eigenvalue weighted by Gasteiger charge is 2.17. The number of rotatable bonds is 6. The minimum Gasteiger partial charge on any atom is -0.487 e. The molecule has 0 atom stereocenters. The maximum Gasteiger partial charge on any atom is 0.337 e. The van der Waals surface area contributed by atoms with Gasteiger partial charge in [-0.05, 0) is 46.3 Å². The summed E-state index contributed by atoms with van der Waals surface area (Å²) in [6, 6.07) is 8.48. The number of nitrogens with zero attached hydrogens (tertiary/aromatic N) is 1. The van der Waals surface area contributed by atoms with Crippen LogP contribution in [-0.2, 0) is 11.3 Å². The molecule has 0 aliphatic carbocycles. The van der Waals surface area contributed by atoms with Crippen LogP contribution in [-0.4, -0.2) is 23.9 Å². The average molecular weight is 409 g/mol. The predicted octanol–water partition coefficient (Wildman–Crippen LogP) is 2.82. The number of esters is 1. The number of ether oxygens (including phenoxy) is 2. The minimum absolute atomic E-state index is 0.0408. The van der Waals surface area contributed by atoms with E-state index < -0.39 is 16.8 Å². The molecule has 0 saturated heterocycles. The Balaban J connectivity index is 2.22. The van der Waals surface area contributed by atoms with Crippen LogP contribution in [0.5, 0.6) is 5.75 Å². The van der Waals surface area contributed by atoms with Crippen molar-refractivity contribution in [1.29, 1.82) is 0 Å². The van der Waals surface area contributed by atoms with Gasteiger partial charge in [-0.3, -0.25) is 14.9 Å². The second-order valence-electron chi connectivity index (χ2n) is 4.89. The van der Waals surface area contributed by atoms with Crippen LogP contribution in [0, 0.1) is 10.1 Å². The second-order valence-corrected chi connectivity index (χ2v) is 5.74. The number of methoxy groups -OCH3 is 1. The zero-order valence-electron chi connectivity index (χ0n) is 13.0. The molecular weight excluding hydrogens is 396 g/mol. The van der Waals surface area contributed by atoms with Gasteiger partial charge in [0.25, 0.3) is 5.69 Å². The standard InChI is InChI=1S/C16H13BrN2O6/c1-24-16(21)10-4-5-14(12(17)6-10)25-8-11-3-2-9(15(18)20)7-13(11)19(22)23/h2-7H,8H2,1H3,(H2,18,20). The second kappa shape index (κ2) is 7.75. The van der Waals surface area contributed by atoms with Crippen molar-refractivity contribution in [3.05, 3.63) is 67.7 Å². The van der Waals surface area contributed by atoms with E-state index in [0.717, 1.165) is 6.07 Å². The molecule has 0 saturated carbocycles. The minimum atomic E-state index is -0.753. The molecule has 2 aromatic carbocycles. The lowest BCUT2D eigenvalue weighted by Gasteiger charge is -2.10. The van der Waals surface area contributed by atoms with Gasteiger partial charge in [-0.15, -0.1) is 0 Å². The zero-order chi connectivity index (χ0) is 18.6. The Morgan fingerprint density at radius 2 is 1.88 bits per heavy atom. The molecule has 9 heteroatoms. The van der Waals surface area contributed by atoms with Crippen molar-refractivity contribution in [3.8, 4) is 5.75 Å². The summed E-state index contributed by atoms with van der Waals surface area (Å²) in [6.07, 6.45) is 0. The molecule has 2 rings (SSSR count). The molecule has 2 N–H and O–H groups in total. The van der Waals surface area contributed by atoms with Crippen molar-refractivity contribution in [1.82, 2.24) is 0 Å². The number of benzene rings is 2. The normalized spacial score (nSPS) is 10.2. The van der Waals surface area contributed by atoms with Gasteiger partial charge in [0.05, 0.1) is 27.6 Å². The molecule has 0 heterocycles. The fourth-order valence-corrected chi connectivity index (χ4v) is 2.52. The van der Waals surface area contributed by atoms with E-state index in [-0.39, 0.29) is 23.4 Å². The summed E-state index contributed by atoms with van der Waals surface area (Å²) < 4.78 is 10.7. The lowest BCUT2D eigenvalue weighted by atomic mass is 10.1. The molecule has 0 aliphatic heterocycles. The van der Waals surface area contributed by atoms with Crippen LogP contribution < -0.4 is 10.5 Å². The molecule has 1 amide bonds. The fourth-order valence-electron chi connectivity index (χ4n) is 2.03. The number of amides is 1. The van der Waals surface area contributed by atoms with Gasteiger partial charge in [0, 0.05) is 11.6 Å². The van der Waals surface area contributed by atoms with Gasteiger partial charge in [0.1, 0.15) is 12.4 Å². The van der Waals surface area contributed by atoms with E-state index in [4.69, 9.17) is 10.5 Å². The van der Waals surface area contributed by atoms with Crippen molar-refractivity contribution in [2.24, 2.45) is 5.73 Å². The Morgan fingerprint density at radius 1 is 1.20 bits per heavy atom. The van der Waals surface area contributed by atoms with Crippen molar-refractivity contribution in [3.63, 3.8) is 0 Å². The van der Waals surface area contributed by atoms with Gasteiger partial charge < -0.3 is 15.2 Å². The highest BCUT2D eigenvalue weighted by Crippen LogP contribution is 2.28. The number of carbonyl (C=O) groups is 2. The molecule has 130 valence electrons. The monoisotopic (exact) mass is 408 g/mol. The highest BCUT2D eigenvalue weighted by atomic mass is 79.9. The molecule has 0 fully saturated rings. The molecule has 0 radical (unpaired) electrons. The molecule has 0 spiro atoms. The summed E-state index contributed by atoms with van der Waals surface area (Å²) in [5.41, 5.74) is 5.52. The van der Waals surface area contributed by atoms with E-state index in [1.165, 1.54) is 31.4 Å². The van der Waals surface area contributed by atoms with Crippen LogP contribution in [0.3, 0.4) is 0 Å². The summed E-state index contributed by atoms with van der Waals surface area (Å²) in [4.78, 5) is 33.2. The van der Waals surface area contributed by atoms with Crippen molar-refractivity contribution >= 4 is 33.5 Å². The number of nitro groups is 1. The van der Waals surface area contributed by atoms with Gasteiger partial charge in [-0.25, -0.2) is 4.79 Å². The molecule has 25 heavy (non-hydrogen) atoms. The summed E-state index contributed by atoms with van der Waals surface area (Å²) >= 11 is 3.27. The number of carbonyl (C=O) groups excluding carboxylic acids is 2. The summed E-state index contributed by atoms with van der Waals surface area (Å²) in [5.74, 6) is -0.859. The van der Waals surface area contributed by atoms with E-state index in [1.54, 1.807) is 6.07 Å². The van der Waals surface area contributed by atoms with Gasteiger partial charge in [0.2, 0.25) is 5.91 Å². The third kappa shape index (κ3) is 4.32. The lowest BCUT2D eigenvalue weighted by molar-refractivity contribution is -0.385. The van der Waals surface area contributed by atoms with Gasteiger partial charge in [0.15, 0.2) is 0 Å². The van der Waals surface area contributed by atoms with E-state index >= 15 is 0 Å². The zero-order valence-corrected chi connectivity index (χ0v) is 14.6. The molecule has 0 bridgehead atoms. The third-order valence-electron chi connectivity index (χ3n) is 3.30. The van der Waals surface area contributed by atoms with Crippen LogP contribution in [0.4, 0.5) is 5.69 Å². The number of hydrogen-bond donors (Lipinski definition) is 1. The number of primary amides is 1. The van der Waals surface area contributed by atoms with E-state index in [2.05, 4.69) is 20.7 Å². The van der Waals surface area contributed by atoms with Crippen LogP contribution in [0.15, 0.2) is 40.9 Å². The van der Waals surface area contributed by atoms with Gasteiger partial charge in [-0.2, -0.15) is 0 Å². The predicted molar refractivity (Wildman–Crippen MR) is 91.4 cm³/mol. The fraction of sp³-hybridized carbons (Fsp3) is 0.125. The topological polar surface area (TPSA) is 122 Å². The van der Waals surface area contributed by atoms with Gasteiger partial charge in [-0.1, -0.05) is 0 Å². The Hall–Kier alpha value is -2.94.